The van der Waals surface area contributed by atoms with Gasteiger partial charge in [-0.15, -0.1) is 0 Å². The van der Waals surface area contributed by atoms with E-state index in [4.69, 9.17) is 18.9 Å². The van der Waals surface area contributed by atoms with E-state index in [1.54, 1.807) is 7.11 Å². The van der Waals surface area contributed by atoms with Gasteiger partial charge in [-0.1, -0.05) is 67.3 Å². The number of fused-ring (bicyclic) bond motifs is 5. The zero-order valence-electron chi connectivity index (χ0n) is 40.3. The minimum Gasteiger partial charge on any atom is -0.468 e. The van der Waals surface area contributed by atoms with Crippen molar-refractivity contribution in [3.63, 3.8) is 0 Å². The van der Waals surface area contributed by atoms with Crippen LogP contribution >= 0.6 is 0 Å². The normalized spacial score (nSPS) is 38.1. The van der Waals surface area contributed by atoms with Crippen LogP contribution in [-0.2, 0) is 33.3 Å². The van der Waals surface area contributed by atoms with Gasteiger partial charge in [0.05, 0.1) is 37.4 Å². The fraction of sp³-hybridized carbons (Fsp3) is 0.566. The molecular formula is C53H66BN4O9. The SMILES string of the molecule is CC[C@]1(O)C[C@H]2CN(CCC3=C([B]c4ccc(N(C)c5ccccc5)cc43)[C@@](C(=O)OC)(C3C=C4C(=CC3OC)N(C)[C@H]3[C@@](O)(C(=O)OC)[C@H](OC(C)=O)[C@]5(CC)C=CCN6CC[C@]43[C@@H]65)C2)C1. The Labute approximate surface area is 395 Å². The van der Waals surface area contributed by atoms with E-state index in [0.29, 0.717) is 71.2 Å². The molecule has 2 bridgehead atoms. The number of benzene rings is 2. The summed E-state index contributed by atoms with van der Waals surface area (Å²) in [5.41, 5.74) is 1.47. The third-order valence-electron chi connectivity index (χ3n) is 17.8. The van der Waals surface area contributed by atoms with Gasteiger partial charge >= 0.3 is 17.9 Å². The van der Waals surface area contributed by atoms with Crippen LogP contribution in [0.15, 0.2) is 89.6 Å². The lowest BCUT2D eigenvalue weighted by atomic mass is 9.46. The summed E-state index contributed by atoms with van der Waals surface area (Å²) in [5, 5.41) is 25.7. The predicted molar refractivity (Wildman–Crippen MR) is 256 cm³/mol. The van der Waals surface area contributed by atoms with Crippen molar-refractivity contribution in [1.29, 1.82) is 0 Å². The molecule has 12 atom stereocenters. The van der Waals surface area contributed by atoms with E-state index >= 15 is 4.79 Å². The molecule has 67 heavy (non-hydrogen) atoms. The summed E-state index contributed by atoms with van der Waals surface area (Å²) in [6, 6.07) is 15.6. The summed E-state index contributed by atoms with van der Waals surface area (Å²) in [7, 11) is 10.6. The first-order chi connectivity index (χ1) is 32.1. The lowest BCUT2D eigenvalue weighted by Gasteiger charge is -2.63. The van der Waals surface area contributed by atoms with Gasteiger partial charge in [0.1, 0.15) is 0 Å². The zero-order valence-corrected chi connectivity index (χ0v) is 40.3. The molecule has 2 aliphatic carbocycles. The molecule has 0 amide bonds. The van der Waals surface area contributed by atoms with Crippen LogP contribution in [0.2, 0.25) is 0 Å². The first-order valence-electron chi connectivity index (χ1n) is 24.2. The second-order valence-electron chi connectivity index (χ2n) is 20.7. The van der Waals surface area contributed by atoms with Crippen molar-refractivity contribution < 1.29 is 43.5 Å². The monoisotopic (exact) mass is 913 g/mol. The minimum absolute atomic E-state index is 0.0817. The number of hydrogen-bond acceptors (Lipinski definition) is 13. The summed E-state index contributed by atoms with van der Waals surface area (Å²) in [6.07, 6.45) is 9.76. The number of aliphatic hydroxyl groups is 2. The molecule has 14 heteroatoms. The Morgan fingerprint density at radius 2 is 1.69 bits per heavy atom. The molecule has 0 aromatic heterocycles. The highest BCUT2D eigenvalue weighted by Gasteiger charge is 2.81. The maximum atomic E-state index is 15.7. The topological polar surface area (TPSA) is 142 Å². The van der Waals surface area contributed by atoms with Gasteiger partial charge in [-0.05, 0) is 98.0 Å². The summed E-state index contributed by atoms with van der Waals surface area (Å²) in [5.74, 6) is -2.54. The molecule has 4 fully saturated rings. The van der Waals surface area contributed by atoms with Crippen LogP contribution in [0.1, 0.15) is 64.9 Å². The fourth-order valence-corrected chi connectivity index (χ4v) is 15.1. The van der Waals surface area contributed by atoms with Crippen LogP contribution in [0.25, 0.3) is 5.57 Å². The first-order valence-corrected chi connectivity index (χ1v) is 24.2. The van der Waals surface area contributed by atoms with Crippen molar-refractivity contribution in [2.75, 3.05) is 73.0 Å². The van der Waals surface area contributed by atoms with Gasteiger partial charge in [0.25, 0.3) is 0 Å². The highest BCUT2D eigenvalue weighted by atomic mass is 16.6. The molecular weight excluding hydrogens is 847 g/mol. The Morgan fingerprint density at radius 1 is 0.925 bits per heavy atom. The summed E-state index contributed by atoms with van der Waals surface area (Å²) in [4.78, 5) is 52.4. The fourth-order valence-electron chi connectivity index (χ4n) is 15.1. The van der Waals surface area contributed by atoms with Crippen molar-refractivity contribution in [3.8, 4) is 0 Å². The molecule has 3 unspecified atom stereocenters. The highest BCUT2D eigenvalue weighted by Crippen LogP contribution is 2.70. The van der Waals surface area contributed by atoms with E-state index in [2.05, 4.69) is 83.7 Å². The van der Waals surface area contributed by atoms with Gasteiger partial charge in [0.2, 0.25) is 5.60 Å². The molecule has 355 valence electrons. The Morgan fingerprint density at radius 3 is 2.37 bits per heavy atom. The van der Waals surface area contributed by atoms with Gasteiger partial charge < -0.3 is 39.0 Å². The Kier molecular flexibility index (Phi) is 11.3. The number of allylic oxidation sites excluding steroid dienone is 1. The van der Waals surface area contributed by atoms with Crippen LogP contribution in [-0.4, -0.2) is 154 Å². The quantitative estimate of drug-likeness (QED) is 0.157. The average molecular weight is 914 g/mol. The van der Waals surface area contributed by atoms with E-state index in [9.17, 15) is 19.8 Å². The van der Waals surface area contributed by atoms with Crippen LogP contribution in [0.5, 0.6) is 0 Å². The summed E-state index contributed by atoms with van der Waals surface area (Å²) >= 11 is 0. The number of anilines is 2. The number of esters is 3. The molecule has 1 saturated carbocycles. The predicted octanol–water partition coefficient (Wildman–Crippen LogP) is 4.57. The van der Waals surface area contributed by atoms with E-state index in [0.717, 1.165) is 44.7 Å². The maximum Gasteiger partial charge on any atom is 0.344 e. The van der Waals surface area contributed by atoms with Crippen molar-refractivity contribution in [2.24, 2.45) is 28.1 Å². The Hall–Kier alpha value is -4.73. The number of nitrogens with zero attached hydrogens (tertiary/aromatic N) is 4. The third-order valence-corrected chi connectivity index (χ3v) is 17.8. The van der Waals surface area contributed by atoms with Crippen molar-refractivity contribution in [2.45, 2.75) is 94.8 Å². The molecule has 8 aliphatic rings. The smallest absolute Gasteiger partial charge is 0.344 e. The number of rotatable bonds is 9. The van der Waals surface area contributed by atoms with Crippen LogP contribution in [0.3, 0.4) is 0 Å². The first kappa shape index (κ1) is 46.0. The van der Waals surface area contributed by atoms with Crippen molar-refractivity contribution >= 4 is 47.6 Å². The number of para-hydroxylation sites is 1. The number of carbonyl (C=O) groups excluding carboxylic acids is 3. The highest BCUT2D eigenvalue weighted by molar-refractivity contribution is 6.67. The zero-order chi connectivity index (χ0) is 47.4. The van der Waals surface area contributed by atoms with Gasteiger partial charge in [-0.25, -0.2) is 4.79 Å². The number of likely N-dealkylation sites (N-methyl/N-ethyl adjacent to an activating group) is 1. The molecule has 2 aromatic rings. The van der Waals surface area contributed by atoms with E-state index in [1.165, 1.54) is 21.1 Å². The van der Waals surface area contributed by atoms with Gasteiger partial charge in [0.15, 0.2) is 13.4 Å². The van der Waals surface area contributed by atoms with E-state index < -0.39 is 63.6 Å². The Balaban J connectivity index is 1.22. The number of methoxy groups -OCH3 is 3. The van der Waals surface area contributed by atoms with Crippen LogP contribution < -0.4 is 10.4 Å². The average Bonchev–Trinajstić information content (AvgIpc) is 4.00. The second kappa shape index (κ2) is 16.5. The molecule has 2 aromatic carbocycles. The number of piperidine rings is 1. The van der Waals surface area contributed by atoms with Crippen molar-refractivity contribution in [1.82, 2.24) is 14.7 Å². The molecule has 10 rings (SSSR count). The maximum absolute atomic E-state index is 15.7. The lowest BCUT2D eigenvalue weighted by molar-refractivity contribution is -0.243. The van der Waals surface area contributed by atoms with Gasteiger partial charge in [0, 0.05) is 94.2 Å². The number of ether oxygens (including phenoxy) is 4. The second-order valence-corrected chi connectivity index (χ2v) is 20.7. The van der Waals surface area contributed by atoms with E-state index in [1.807, 2.05) is 44.0 Å². The number of likely N-dealkylation sites (tertiary alicyclic amines) is 1. The molecule has 6 heterocycles. The Bertz CT molecular complexity index is 2490. The largest absolute Gasteiger partial charge is 0.468 e. The third kappa shape index (κ3) is 6.41. The molecule has 6 aliphatic heterocycles. The molecule has 1 radical (unpaired) electrons. The summed E-state index contributed by atoms with van der Waals surface area (Å²) < 4.78 is 24.4. The molecule has 3 saturated heterocycles. The van der Waals surface area contributed by atoms with Crippen LogP contribution in [0.4, 0.5) is 11.4 Å². The molecule has 2 N–H and O–H groups in total. The molecule has 1 spiro atoms. The van der Waals surface area contributed by atoms with Crippen LogP contribution in [0, 0.1) is 28.1 Å². The molecule has 13 nitrogen and oxygen atoms in total. The lowest BCUT2D eigenvalue weighted by Crippen LogP contribution is -2.79. The standard InChI is InChI=1S/C53H66BN4O9/c1-9-49(62)28-33-29-52(47(60)65-7,43-36(19-23-57(30-33)31-49)37-25-35(17-18-40(37)54-43)55(4)34-15-12-11-13-16-34)39-26-38-41(27-42(39)64-6)56(5)45-51(38)21-24-58-22-14-20-50(10-2,44(51)58)46(67-32(3)59)53(45,63)48(61)66-8/h11-18,20,25-27,33,39,42,44-46,62-63H,9-10,19,21-24,28-31H2,1-8H3/t33-,39?,42?,44+,45-,46-,49+,50-,51-,52+,53+/m1/s1. The van der Waals surface area contributed by atoms with Gasteiger partial charge in [-0.2, -0.15) is 0 Å². The summed E-state index contributed by atoms with van der Waals surface area (Å²) in [6.45, 7) is 8.69. The number of carbonyl (C=O) groups is 3. The van der Waals surface area contributed by atoms with Gasteiger partial charge in [-0.3, -0.25) is 19.4 Å². The van der Waals surface area contributed by atoms with E-state index in [-0.39, 0.29) is 17.9 Å². The number of hydrogen-bond donors (Lipinski definition) is 2. The minimum atomic E-state index is -2.30. The van der Waals surface area contributed by atoms with Crippen molar-refractivity contribution in [3.05, 3.63) is 95.1 Å².